The summed E-state index contributed by atoms with van der Waals surface area (Å²) in [5.74, 6) is 0.0220. The van der Waals surface area contributed by atoms with E-state index in [0.717, 1.165) is 10.8 Å². The Balaban J connectivity index is 2.38. The van der Waals surface area contributed by atoms with Gasteiger partial charge in [-0.3, -0.25) is 4.79 Å². The Morgan fingerprint density at radius 3 is 1.92 bits per heavy atom. The van der Waals surface area contributed by atoms with Crippen LogP contribution in [0.5, 0.6) is 0 Å². The first kappa shape index (κ1) is 18.9. The van der Waals surface area contributed by atoms with Crippen LogP contribution in [0.1, 0.15) is 59.6 Å². The average Bonchev–Trinajstić information content (AvgIpc) is 2.49. The van der Waals surface area contributed by atoms with Crippen LogP contribution >= 0.6 is 0 Å². The minimum Gasteiger partial charge on any atom is -0.384 e. The molecule has 2 rings (SSSR count). The molecule has 1 aromatic rings. The molecule has 0 fully saturated rings. The Hall–Kier alpha value is -1.42. The number of hydrogen-bond donors (Lipinski definition) is 1. The molecule has 0 aliphatic carbocycles. The van der Waals surface area contributed by atoms with Crippen molar-refractivity contribution in [3.05, 3.63) is 47.0 Å². The second kappa shape index (κ2) is 7.22. The van der Waals surface area contributed by atoms with Gasteiger partial charge >= 0.3 is 0 Å². The van der Waals surface area contributed by atoms with Gasteiger partial charge in [0.2, 0.25) is 0 Å². The van der Waals surface area contributed by atoms with Gasteiger partial charge < -0.3 is 5.32 Å². The smallest absolute Gasteiger partial charge is 0.158 e. The van der Waals surface area contributed by atoms with Crippen LogP contribution in [0.25, 0.3) is 0 Å². The van der Waals surface area contributed by atoms with E-state index in [9.17, 15) is 9.18 Å². The van der Waals surface area contributed by atoms with Gasteiger partial charge in [0.1, 0.15) is 13.9 Å². The Morgan fingerprint density at radius 1 is 1.00 bits per heavy atom. The number of rotatable bonds is 5. The normalized spacial score (nSPS) is 19.0. The highest BCUT2D eigenvalue weighted by Crippen LogP contribution is 2.47. The highest BCUT2D eigenvalue weighted by molar-refractivity contribution is 6.93. The standard InChI is InChI=1S/C20H30FNOSi/c1-13(2)24(14(3)4,15(5)6)20-12-22-18(11-19(20)23)16-7-9-17(21)10-8-16/h7-10,12-15,18,22H,11H2,1-6H3. The minimum absolute atomic E-state index is 0.0555. The van der Waals surface area contributed by atoms with Gasteiger partial charge in [0.05, 0.1) is 6.04 Å². The van der Waals surface area contributed by atoms with E-state index in [1.54, 1.807) is 12.1 Å². The van der Waals surface area contributed by atoms with Crippen molar-refractivity contribution >= 4 is 13.9 Å². The fourth-order valence-electron chi connectivity index (χ4n) is 4.83. The molecule has 1 unspecified atom stereocenters. The van der Waals surface area contributed by atoms with Crippen LogP contribution in [0, 0.1) is 5.82 Å². The molecular weight excluding hydrogens is 317 g/mol. The lowest BCUT2D eigenvalue weighted by molar-refractivity contribution is -0.116. The fraction of sp³-hybridized carbons (Fsp3) is 0.550. The van der Waals surface area contributed by atoms with Gasteiger partial charge in [0.15, 0.2) is 5.78 Å². The first-order chi connectivity index (χ1) is 11.2. The van der Waals surface area contributed by atoms with Crippen LogP contribution in [0.15, 0.2) is 35.7 Å². The zero-order valence-electron chi connectivity index (χ0n) is 15.7. The number of halogens is 1. The molecule has 132 valence electrons. The largest absolute Gasteiger partial charge is 0.384 e. The predicted molar refractivity (Wildman–Crippen MR) is 101 cm³/mol. The molecule has 0 radical (unpaired) electrons. The zero-order chi connectivity index (χ0) is 18.1. The first-order valence-electron chi connectivity index (χ1n) is 8.96. The van der Waals surface area contributed by atoms with E-state index in [1.807, 2.05) is 6.20 Å². The Bertz CT molecular complexity index is 597. The van der Waals surface area contributed by atoms with Gasteiger partial charge in [-0.1, -0.05) is 53.7 Å². The summed E-state index contributed by atoms with van der Waals surface area (Å²) in [5, 5.41) is 4.49. The molecule has 1 N–H and O–H groups in total. The van der Waals surface area contributed by atoms with E-state index >= 15 is 0 Å². The topological polar surface area (TPSA) is 29.1 Å². The Kier molecular flexibility index (Phi) is 5.69. The highest BCUT2D eigenvalue weighted by atomic mass is 28.3. The van der Waals surface area contributed by atoms with Gasteiger partial charge in [0, 0.05) is 6.42 Å². The molecule has 0 spiro atoms. The number of allylic oxidation sites excluding steroid dienone is 1. The van der Waals surface area contributed by atoms with E-state index in [4.69, 9.17) is 0 Å². The third kappa shape index (κ3) is 3.21. The number of carbonyl (C=O) groups is 1. The van der Waals surface area contributed by atoms with Crippen molar-refractivity contribution in [1.82, 2.24) is 5.32 Å². The summed E-state index contributed by atoms with van der Waals surface area (Å²) in [6, 6.07) is 6.38. The second-order valence-corrected chi connectivity index (χ2v) is 13.7. The maximum Gasteiger partial charge on any atom is 0.158 e. The van der Waals surface area contributed by atoms with Gasteiger partial charge in [-0.2, -0.15) is 0 Å². The average molecular weight is 348 g/mol. The number of nitrogens with one attached hydrogen (secondary N) is 1. The molecule has 1 aromatic carbocycles. The highest BCUT2D eigenvalue weighted by Gasteiger charge is 2.49. The van der Waals surface area contributed by atoms with Crippen molar-refractivity contribution in [3.8, 4) is 0 Å². The van der Waals surface area contributed by atoms with Crippen molar-refractivity contribution in [2.45, 2.75) is 70.6 Å². The summed E-state index contributed by atoms with van der Waals surface area (Å²) >= 11 is 0. The third-order valence-electron chi connectivity index (χ3n) is 5.72. The number of hydrogen-bond acceptors (Lipinski definition) is 2. The minimum atomic E-state index is -1.94. The molecule has 2 nitrogen and oxygen atoms in total. The number of benzene rings is 1. The van der Waals surface area contributed by atoms with E-state index in [1.165, 1.54) is 12.1 Å². The summed E-state index contributed by atoms with van der Waals surface area (Å²) in [5.41, 5.74) is 2.50. The number of Topliss-reactive ketones (excluding diaryl/α,β-unsaturated/α-hetero) is 1. The van der Waals surface area contributed by atoms with Crippen LogP contribution in [-0.2, 0) is 4.79 Å². The maximum atomic E-state index is 13.1. The van der Waals surface area contributed by atoms with Crippen molar-refractivity contribution in [2.75, 3.05) is 0 Å². The fourth-order valence-corrected chi connectivity index (χ4v) is 11.6. The molecule has 1 aliphatic rings. The van der Waals surface area contributed by atoms with E-state index < -0.39 is 8.07 Å². The second-order valence-electron chi connectivity index (χ2n) is 7.85. The van der Waals surface area contributed by atoms with Crippen molar-refractivity contribution in [3.63, 3.8) is 0 Å². The molecule has 1 heterocycles. The number of carbonyl (C=O) groups excluding carboxylic acids is 1. The molecule has 0 saturated heterocycles. The lowest BCUT2D eigenvalue weighted by atomic mass is 9.99. The van der Waals surface area contributed by atoms with Crippen molar-refractivity contribution < 1.29 is 9.18 Å². The SMILES string of the molecule is CC(C)[Si](C1=CNC(c2ccc(F)cc2)CC1=O)(C(C)C)C(C)C. The van der Waals surface area contributed by atoms with Crippen LogP contribution in [0.2, 0.25) is 16.6 Å². The van der Waals surface area contributed by atoms with E-state index in [0.29, 0.717) is 23.0 Å². The molecular formula is C20H30FNOSi. The summed E-state index contributed by atoms with van der Waals surface area (Å²) in [6.07, 6.45) is 2.45. The van der Waals surface area contributed by atoms with Crippen molar-refractivity contribution in [1.29, 1.82) is 0 Å². The van der Waals surface area contributed by atoms with Crippen LogP contribution in [-0.4, -0.2) is 13.9 Å². The van der Waals surface area contributed by atoms with Gasteiger partial charge in [0.25, 0.3) is 0 Å². The van der Waals surface area contributed by atoms with Gasteiger partial charge in [-0.05, 0) is 45.7 Å². The number of ketones is 1. The quantitative estimate of drug-likeness (QED) is 0.709. The summed E-state index contributed by atoms with van der Waals surface area (Å²) in [4.78, 5) is 13.1. The zero-order valence-corrected chi connectivity index (χ0v) is 16.7. The first-order valence-corrected chi connectivity index (χ1v) is 11.2. The monoisotopic (exact) mass is 347 g/mol. The Labute approximate surface area is 146 Å². The van der Waals surface area contributed by atoms with Crippen LogP contribution in [0.4, 0.5) is 4.39 Å². The van der Waals surface area contributed by atoms with Crippen LogP contribution < -0.4 is 5.32 Å². The molecule has 24 heavy (non-hydrogen) atoms. The molecule has 0 amide bonds. The predicted octanol–water partition coefficient (Wildman–Crippen LogP) is 5.53. The molecule has 4 heteroatoms. The van der Waals surface area contributed by atoms with Crippen LogP contribution in [0.3, 0.4) is 0 Å². The van der Waals surface area contributed by atoms with Gasteiger partial charge in [-0.15, -0.1) is 0 Å². The Morgan fingerprint density at radius 2 is 1.50 bits per heavy atom. The lowest BCUT2D eigenvalue weighted by Crippen LogP contribution is -2.51. The maximum absolute atomic E-state index is 13.1. The van der Waals surface area contributed by atoms with E-state index in [2.05, 4.69) is 46.9 Å². The summed E-state index contributed by atoms with van der Waals surface area (Å²) < 4.78 is 13.1. The van der Waals surface area contributed by atoms with E-state index in [-0.39, 0.29) is 17.6 Å². The third-order valence-corrected chi connectivity index (χ3v) is 12.8. The molecule has 0 saturated carbocycles. The lowest BCUT2D eigenvalue weighted by Gasteiger charge is -2.46. The molecule has 0 aromatic heterocycles. The summed E-state index contributed by atoms with van der Waals surface area (Å²) in [7, 11) is -1.94. The van der Waals surface area contributed by atoms with Crippen molar-refractivity contribution in [2.24, 2.45) is 0 Å². The summed E-state index contributed by atoms with van der Waals surface area (Å²) in [6.45, 7) is 13.6. The molecule has 1 aliphatic heterocycles. The molecule has 1 atom stereocenters. The molecule has 0 bridgehead atoms. The van der Waals surface area contributed by atoms with Gasteiger partial charge in [-0.25, -0.2) is 4.39 Å².